The van der Waals surface area contributed by atoms with Gasteiger partial charge in [0.2, 0.25) is 5.91 Å². The molecular weight excluding hydrogens is 772 g/mol. The number of carboxylic acids is 6. The highest BCUT2D eigenvalue weighted by molar-refractivity contribution is 5.79. The molecule has 334 valence electrons. The van der Waals surface area contributed by atoms with Crippen molar-refractivity contribution in [1.29, 1.82) is 0 Å². The smallest absolute Gasteiger partial charge is 0.320 e. The van der Waals surface area contributed by atoms with Gasteiger partial charge in [-0.2, -0.15) is 0 Å². The minimum atomic E-state index is -1.39. The first kappa shape index (κ1) is 47.8. The normalized spacial score (nSPS) is 31.1. The van der Waals surface area contributed by atoms with E-state index in [1.807, 2.05) is 0 Å². The third-order valence-electron chi connectivity index (χ3n) is 14.9. The van der Waals surface area contributed by atoms with E-state index in [2.05, 4.69) is 26.1 Å². The van der Waals surface area contributed by atoms with Gasteiger partial charge in [-0.3, -0.25) is 48.3 Å². The van der Waals surface area contributed by atoms with Crippen molar-refractivity contribution in [2.45, 2.75) is 116 Å². The summed E-state index contributed by atoms with van der Waals surface area (Å²) < 4.78 is 0. The van der Waals surface area contributed by atoms with Crippen LogP contribution in [0.4, 0.5) is 0 Å². The zero-order valence-corrected chi connectivity index (χ0v) is 34.7. The summed E-state index contributed by atoms with van der Waals surface area (Å²) in [7, 11) is 0. The van der Waals surface area contributed by atoms with Crippen LogP contribution in [0, 0.1) is 46.3 Å². The Morgan fingerprint density at radius 1 is 0.661 bits per heavy atom. The maximum Gasteiger partial charge on any atom is 0.320 e. The van der Waals surface area contributed by atoms with Gasteiger partial charge >= 0.3 is 35.8 Å². The SMILES string of the molecule is CC(CCC(=O)O)C1CCC2C3CCC4CC(NC(=O)CCC(C(=O)O)N(CCN(CCN(CC(=O)O)CC(=O)O)CC(=O)O)CC(=O)O)CCC4(C)C3CC(O)C12C. The molecule has 0 spiro atoms. The van der Waals surface area contributed by atoms with E-state index >= 15 is 0 Å². The molecule has 4 aliphatic carbocycles. The lowest BCUT2D eigenvalue weighted by molar-refractivity contribution is -0.170. The maximum absolute atomic E-state index is 13.3. The van der Waals surface area contributed by atoms with Crippen molar-refractivity contribution in [1.82, 2.24) is 20.0 Å². The molecule has 0 aromatic heterocycles. The molecule has 8 N–H and O–H groups in total. The molecule has 11 unspecified atom stereocenters. The Morgan fingerprint density at radius 2 is 1.25 bits per heavy atom. The summed E-state index contributed by atoms with van der Waals surface area (Å²) in [6.45, 7) is 3.71. The van der Waals surface area contributed by atoms with E-state index < -0.39 is 74.1 Å². The molecule has 18 nitrogen and oxygen atoms in total. The highest BCUT2D eigenvalue weighted by Crippen LogP contribution is 2.68. The quantitative estimate of drug-likeness (QED) is 0.0691. The van der Waals surface area contributed by atoms with Crippen molar-refractivity contribution in [3.05, 3.63) is 0 Å². The van der Waals surface area contributed by atoms with E-state index in [0.717, 1.165) is 61.2 Å². The minimum Gasteiger partial charge on any atom is -0.481 e. The molecule has 0 aromatic carbocycles. The Bertz CT molecular complexity index is 1530. The summed E-state index contributed by atoms with van der Waals surface area (Å²) in [6, 6.07) is -1.51. The van der Waals surface area contributed by atoms with Crippen LogP contribution < -0.4 is 5.32 Å². The van der Waals surface area contributed by atoms with Gasteiger partial charge in [0.25, 0.3) is 0 Å². The van der Waals surface area contributed by atoms with Crippen molar-refractivity contribution in [3.63, 3.8) is 0 Å². The number of hydrogen-bond donors (Lipinski definition) is 8. The molecule has 4 rings (SSSR count). The molecule has 1 amide bonds. The van der Waals surface area contributed by atoms with E-state index in [1.54, 1.807) is 0 Å². The second-order valence-electron chi connectivity index (χ2n) is 18.3. The minimum absolute atomic E-state index is 0.00940. The molecular formula is C41H66N4O14. The fourth-order valence-electron chi connectivity index (χ4n) is 12.0. The van der Waals surface area contributed by atoms with Gasteiger partial charge in [0.15, 0.2) is 0 Å². The van der Waals surface area contributed by atoms with Crippen LogP contribution in [-0.2, 0) is 33.6 Å². The molecule has 18 heteroatoms. The van der Waals surface area contributed by atoms with Gasteiger partial charge in [-0.1, -0.05) is 20.8 Å². The van der Waals surface area contributed by atoms with Gasteiger partial charge in [-0.05, 0) is 111 Å². The number of carbonyl (C=O) groups excluding carboxylic acids is 1. The number of carboxylic acid groups (broad SMARTS) is 6. The van der Waals surface area contributed by atoms with Gasteiger partial charge < -0.3 is 41.1 Å². The number of nitrogens with zero attached hydrogens (tertiary/aromatic N) is 3. The fraction of sp³-hybridized carbons (Fsp3) is 0.829. The summed E-state index contributed by atoms with van der Waals surface area (Å²) in [5, 5.41) is 71.7. The zero-order valence-electron chi connectivity index (χ0n) is 34.7. The number of aliphatic carboxylic acids is 6. The summed E-state index contributed by atoms with van der Waals surface area (Å²) in [6.07, 6.45) is 7.07. The molecule has 11 atom stereocenters. The van der Waals surface area contributed by atoms with Crippen molar-refractivity contribution >= 4 is 41.7 Å². The third-order valence-corrected chi connectivity index (χ3v) is 14.9. The predicted molar refractivity (Wildman–Crippen MR) is 210 cm³/mol. The molecule has 0 bridgehead atoms. The molecule has 0 aromatic rings. The van der Waals surface area contributed by atoms with Crippen LogP contribution in [-0.4, -0.2) is 163 Å². The van der Waals surface area contributed by atoms with Gasteiger partial charge in [0, 0.05) is 45.1 Å². The number of hydrogen-bond acceptors (Lipinski definition) is 11. The summed E-state index contributed by atoms with van der Waals surface area (Å²) in [4.78, 5) is 86.5. The molecule has 4 aliphatic rings. The number of rotatable bonds is 24. The number of carbonyl (C=O) groups is 7. The van der Waals surface area contributed by atoms with Crippen LogP contribution in [0.15, 0.2) is 0 Å². The zero-order chi connectivity index (χ0) is 43.8. The average molecular weight is 839 g/mol. The summed E-state index contributed by atoms with van der Waals surface area (Å²) in [5.41, 5.74) is -0.252. The van der Waals surface area contributed by atoms with Gasteiger partial charge in [-0.15, -0.1) is 0 Å². The monoisotopic (exact) mass is 838 g/mol. The standard InChI is InChI=1S/C41H66N4O14/c1-24(4-11-34(48)49)28-7-8-29-27-6-5-25-18-26(12-13-40(25,2)30(27)19-32(46)41(28,29)3)42-33(47)10-9-31(39(58)59)45(23-38(56)57)17-16-43(20-35(50)51)14-15-44(21-36(52)53)22-37(54)55/h24-32,46H,4-23H2,1-3H3,(H,42,47)(H,48,49)(H,50,51)(H,52,53)(H,54,55)(H,56,57)(H,58,59). The molecule has 0 saturated heterocycles. The average Bonchev–Trinajstić information content (AvgIpc) is 3.49. The predicted octanol–water partition coefficient (Wildman–Crippen LogP) is 2.08. The van der Waals surface area contributed by atoms with Gasteiger partial charge in [-0.25, -0.2) is 0 Å². The largest absolute Gasteiger partial charge is 0.481 e. The van der Waals surface area contributed by atoms with Crippen LogP contribution in [0.1, 0.15) is 97.8 Å². The highest BCUT2D eigenvalue weighted by atomic mass is 16.4. The number of aliphatic hydroxyl groups is 1. The third kappa shape index (κ3) is 12.1. The molecule has 0 heterocycles. The Labute approximate surface area is 345 Å². The van der Waals surface area contributed by atoms with E-state index in [4.69, 9.17) is 10.2 Å². The van der Waals surface area contributed by atoms with Crippen LogP contribution in [0.2, 0.25) is 0 Å². The first-order valence-electron chi connectivity index (χ1n) is 21.1. The highest BCUT2D eigenvalue weighted by Gasteiger charge is 2.63. The second kappa shape index (κ2) is 20.6. The van der Waals surface area contributed by atoms with Crippen molar-refractivity contribution < 1.29 is 69.3 Å². The van der Waals surface area contributed by atoms with Gasteiger partial charge in [0.05, 0.1) is 32.3 Å². The Morgan fingerprint density at radius 3 is 1.85 bits per heavy atom. The van der Waals surface area contributed by atoms with Crippen LogP contribution in [0.3, 0.4) is 0 Å². The Hall–Kier alpha value is -3.87. The van der Waals surface area contributed by atoms with E-state index in [1.165, 1.54) is 4.90 Å². The molecule has 59 heavy (non-hydrogen) atoms. The summed E-state index contributed by atoms with van der Waals surface area (Å²) in [5.74, 6) is -5.59. The summed E-state index contributed by atoms with van der Waals surface area (Å²) >= 11 is 0. The number of amides is 1. The van der Waals surface area contributed by atoms with E-state index in [-0.39, 0.29) is 80.1 Å². The molecule has 0 radical (unpaired) electrons. The molecule has 4 saturated carbocycles. The van der Waals surface area contributed by atoms with Gasteiger partial charge in [0.1, 0.15) is 6.04 Å². The molecule has 4 fully saturated rings. The number of nitrogens with one attached hydrogen (secondary N) is 1. The van der Waals surface area contributed by atoms with Crippen molar-refractivity contribution in [2.24, 2.45) is 46.3 Å². The van der Waals surface area contributed by atoms with Crippen LogP contribution >= 0.6 is 0 Å². The Balaban J connectivity index is 1.34. The number of aliphatic hydroxyl groups excluding tert-OH is 1. The molecule has 0 aliphatic heterocycles. The van der Waals surface area contributed by atoms with E-state index in [0.29, 0.717) is 30.1 Å². The van der Waals surface area contributed by atoms with Crippen LogP contribution in [0.25, 0.3) is 0 Å². The second-order valence-corrected chi connectivity index (χ2v) is 18.3. The first-order chi connectivity index (χ1) is 27.6. The first-order valence-corrected chi connectivity index (χ1v) is 21.1. The lowest BCUT2D eigenvalue weighted by Crippen LogP contribution is -2.59. The Kier molecular flexibility index (Phi) is 16.7. The fourth-order valence-corrected chi connectivity index (χ4v) is 12.0. The lowest BCUT2D eigenvalue weighted by Gasteiger charge is -2.62. The maximum atomic E-state index is 13.3. The van der Waals surface area contributed by atoms with E-state index in [9.17, 15) is 59.1 Å². The lowest BCUT2D eigenvalue weighted by atomic mass is 9.43. The number of fused-ring (bicyclic) bond motifs is 5. The van der Waals surface area contributed by atoms with Crippen molar-refractivity contribution in [2.75, 3.05) is 52.4 Å². The topological polar surface area (TPSA) is 283 Å². The van der Waals surface area contributed by atoms with Crippen molar-refractivity contribution in [3.8, 4) is 0 Å². The van der Waals surface area contributed by atoms with Crippen LogP contribution in [0.5, 0.6) is 0 Å².